The summed E-state index contributed by atoms with van der Waals surface area (Å²) in [6.45, 7) is 4.64. The summed E-state index contributed by atoms with van der Waals surface area (Å²) in [4.78, 5) is 2.36. The zero-order valence-corrected chi connectivity index (χ0v) is 29.1. The van der Waals surface area contributed by atoms with Crippen molar-refractivity contribution < 1.29 is 0 Å². The van der Waals surface area contributed by atoms with Crippen LogP contribution >= 0.6 is 0 Å². The van der Waals surface area contributed by atoms with E-state index >= 15 is 0 Å². The summed E-state index contributed by atoms with van der Waals surface area (Å²) in [6, 6.07) is 49.5. The number of nitrogens with zero attached hydrogens (tertiary/aromatic N) is 2. The Balaban J connectivity index is 1.30. The minimum Gasteiger partial charge on any atom is -0.310 e. The fourth-order valence-corrected chi connectivity index (χ4v) is 8.32. The van der Waals surface area contributed by atoms with Gasteiger partial charge in [-0.1, -0.05) is 116 Å². The minimum atomic E-state index is -0.244. The molecule has 0 fully saturated rings. The maximum Gasteiger partial charge on any atom is 0.113 e. The van der Waals surface area contributed by atoms with Gasteiger partial charge in [0, 0.05) is 33.2 Å². The summed E-state index contributed by atoms with van der Waals surface area (Å²) in [5.74, 6) is 0. The van der Waals surface area contributed by atoms with Crippen molar-refractivity contribution in [3.8, 4) is 27.9 Å². The third-order valence-corrected chi connectivity index (χ3v) is 10.8. The van der Waals surface area contributed by atoms with Crippen molar-refractivity contribution in [2.45, 2.75) is 19.3 Å². The zero-order chi connectivity index (χ0) is 35.9. The van der Waals surface area contributed by atoms with E-state index in [-0.39, 0.29) is 21.8 Å². The fraction of sp³-hybridized carbons (Fsp3) is 0.0667. The Morgan fingerprint density at radius 3 is 1.85 bits per heavy atom. The van der Waals surface area contributed by atoms with E-state index in [1.54, 1.807) is 0 Å². The predicted octanol–water partition coefficient (Wildman–Crippen LogP) is 6.20. The topological polar surface area (TPSA) is 8.17 Å². The lowest BCUT2D eigenvalue weighted by atomic mass is 9.60. The molecule has 10 radical (unpaired) electrons. The molecule has 0 spiro atoms. The van der Waals surface area contributed by atoms with E-state index in [1.807, 2.05) is 12.1 Å². The van der Waals surface area contributed by atoms with Gasteiger partial charge in [0.05, 0.1) is 16.7 Å². The second kappa shape index (κ2) is 12.0. The second-order valence-electron chi connectivity index (χ2n) is 14.1. The van der Waals surface area contributed by atoms with E-state index in [2.05, 4.69) is 151 Å². The van der Waals surface area contributed by atoms with Gasteiger partial charge in [-0.05, 0) is 81.9 Å². The molecule has 2 nitrogen and oxygen atoms in total. The largest absolute Gasteiger partial charge is 0.310 e. The molecule has 8 aromatic rings. The predicted molar refractivity (Wildman–Crippen MR) is 225 cm³/mol. The molecule has 1 aliphatic rings. The lowest BCUT2D eigenvalue weighted by molar-refractivity contribution is 0.661. The van der Waals surface area contributed by atoms with E-state index in [9.17, 15) is 0 Å². The summed E-state index contributed by atoms with van der Waals surface area (Å²) in [5, 5.41) is 2.40. The molecule has 9 rings (SSSR count). The quantitative estimate of drug-likeness (QED) is 0.202. The van der Waals surface area contributed by atoms with Crippen LogP contribution in [0.5, 0.6) is 0 Å². The zero-order valence-electron chi connectivity index (χ0n) is 29.1. The normalized spacial score (nSPS) is 13.0. The average Bonchev–Trinajstić information content (AvgIpc) is 3.63. The van der Waals surface area contributed by atoms with Crippen molar-refractivity contribution in [1.29, 1.82) is 0 Å². The Hall–Kier alpha value is -5.54. The number of benzene rings is 7. The Morgan fingerprint density at radius 2 is 1.10 bits per heavy atom. The molecule has 52 heavy (non-hydrogen) atoms. The number of aromatic nitrogens is 1. The highest BCUT2D eigenvalue weighted by atomic mass is 15.1. The van der Waals surface area contributed by atoms with Crippen molar-refractivity contribution >= 4 is 105 Å². The number of rotatable bonds is 5. The highest BCUT2D eigenvalue weighted by Crippen LogP contribution is 2.54. The van der Waals surface area contributed by atoms with Crippen molar-refractivity contribution in [2.75, 3.05) is 4.90 Å². The summed E-state index contributed by atoms with van der Waals surface area (Å²) >= 11 is 0. The smallest absolute Gasteiger partial charge is 0.113 e. The first-order chi connectivity index (χ1) is 25.2. The summed E-state index contributed by atoms with van der Waals surface area (Å²) < 4.78 is 2.35. The van der Waals surface area contributed by atoms with Crippen LogP contribution in [-0.2, 0) is 5.41 Å². The molecule has 0 N–H and O–H groups in total. The van der Waals surface area contributed by atoms with Crippen molar-refractivity contribution in [3.05, 3.63) is 151 Å². The molecule has 7 aromatic carbocycles. The van der Waals surface area contributed by atoms with Gasteiger partial charge in [0.15, 0.2) is 0 Å². The van der Waals surface area contributed by atoms with Crippen LogP contribution in [0.3, 0.4) is 0 Å². The molecule has 0 aliphatic heterocycles. The molecule has 234 valence electrons. The van der Waals surface area contributed by atoms with Crippen LogP contribution in [-0.4, -0.2) is 43.8 Å². The van der Waals surface area contributed by atoms with Crippen LogP contribution in [0.1, 0.15) is 25.0 Å². The molecule has 0 saturated carbocycles. The van der Waals surface area contributed by atoms with Gasteiger partial charge in [0.2, 0.25) is 0 Å². The number of fused-ring (bicyclic) bond motifs is 6. The number of para-hydroxylation sites is 2. The van der Waals surface area contributed by atoms with E-state index in [1.165, 1.54) is 33.0 Å². The molecular formula is C45H29B5N2. The lowest BCUT2D eigenvalue weighted by Gasteiger charge is -2.32. The third-order valence-electron chi connectivity index (χ3n) is 10.8. The SMILES string of the molecule is [B]c1c([B])c([B])c(-c2ccc(N(c3ccc4c5ccccc5n(-c5ccccc5)c4c3)c3cccc4c3C(C)(C)c3ccccc3-4)cc2)c([B])c1[B]. The van der Waals surface area contributed by atoms with E-state index in [0.717, 1.165) is 39.3 Å². The highest BCUT2D eigenvalue weighted by Gasteiger charge is 2.38. The maximum atomic E-state index is 6.49. The molecule has 0 unspecified atom stereocenters. The Bertz CT molecular complexity index is 2680. The van der Waals surface area contributed by atoms with Gasteiger partial charge in [-0.2, -0.15) is 0 Å². The average molecular weight is 652 g/mol. The molecule has 0 bridgehead atoms. The van der Waals surface area contributed by atoms with Crippen molar-refractivity contribution in [2.24, 2.45) is 0 Å². The molecular weight excluding hydrogens is 623 g/mol. The molecule has 0 saturated heterocycles. The van der Waals surface area contributed by atoms with Gasteiger partial charge in [0.1, 0.15) is 39.2 Å². The van der Waals surface area contributed by atoms with Gasteiger partial charge < -0.3 is 9.47 Å². The number of hydrogen-bond donors (Lipinski definition) is 0. The Labute approximate surface area is 311 Å². The monoisotopic (exact) mass is 652 g/mol. The van der Waals surface area contributed by atoms with Crippen LogP contribution in [0.2, 0.25) is 0 Å². The van der Waals surface area contributed by atoms with Gasteiger partial charge in [-0.25, -0.2) is 0 Å². The van der Waals surface area contributed by atoms with Gasteiger partial charge in [-0.15, -0.1) is 16.4 Å². The third kappa shape index (κ3) is 4.72. The van der Waals surface area contributed by atoms with Crippen molar-refractivity contribution in [1.82, 2.24) is 4.57 Å². The molecule has 1 aliphatic carbocycles. The standard InChI is InChI=1S/C45H29B5N2/c1-45(2)34-16-8-6-13-30(34)33-15-10-18-36(39(33)45)51(28-21-19-26(20-22-28)38-40(46)42(48)44(50)43(49)41(38)47)29-23-24-32-31-14-7-9-17-35(31)52(37(32)25-29)27-11-4-3-5-12-27/h3-25H,1-2H3. The highest BCUT2D eigenvalue weighted by molar-refractivity contribution is 6.68. The first-order valence-corrected chi connectivity index (χ1v) is 17.4. The number of anilines is 3. The Kier molecular flexibility index (Phi) is 7.49. The summed E-state index contributed by atoms with van der Waals surface area (Å²) in [6.07, 6.45) is 0. The molecule has 1 heterocycles. The van der Waals surface area contributed by atoms with E-state index < -0.39 is 0 Å². The van der Waals surface area contributed by atoms with Crippen LogP contribution < -0.4 is 32.2 Å². The maximum absolute atomic E-state index is 6.49. The Morgan fingerprint density at radius 1 is 0.500 bits per heavy atom. The van der Waals surface area contributed by atoms with Crippen molar-refractivity contribution in [3.63, 3.8) is 0 Å². The first kappa shape index (κ1) is 32.4. The minimum absolute atomic E-state index is 0.200. The molecule has 7 heteroatoms. The van der Waals surface area contributed by atoms with Gasteiger partial charge in [0.25, 0.3) is 0 Å². The number of hydrogen-bond acceptors (Lipinski definition) is 1. The summed E-state index contributed by atoms with van der Waals surface area (Å²) in [7, 11) is 31.6. The molecule has 0 atom stereocenters. The van der Waals surface area contributed by atoms with E-state index in [0.29, 0.717) is 16.5 Å². The van der Waals surface area contributed by atoms with Crippen LogP contribution in [0.15, 0.2) is 140 Å². The van der Waals surface area contributed by atoms with Crippen LogP contribution in [0.25, 0.3) is 49.7 Å². The van der Waals surface area contributed by atoms with Gasteiger partial charge >= 0.3 is 0 Å². The van der Waals surface area contributed by atoms with Crippen LogP contribution in [0.4, 0.5) is 17.1 Å². The van der Waals surface area contributed by atoms with Gasteiger partial charge in [-0.3, -0.25) is 0 Å². The summed E-state index contributed by atoms with van der Waals surface area (Å²) in [5.41, 5.74) is 14.0. The lowest BCUT2D eigenvalue weighted by Crippen LogP contribution is -2.55. The molecule has 0 amide bonds. The fourth-order valence-electron chi connectivity index (χ4n) is 8.32. The van der Waals surface area contributed by atoms with Crippen LogP contribution in [0, 0.1) is 0 Å². The molecule has 1 aromatic heterocycles. The van der Waals surface area contributed by atoms with E-state index in [4.69, 9.17) is 39.2 Å². The second-order valence-corrected chi connectivity index (χ2v) is 14.1. The first-order valence-electron chi connectivity index (χ1n) is 17.4.